The Bertz CT molecular complexity index is 447. The van der Waals surface area contributed by atoms with Gasteiger partial charge < -0.3 is 10.6 Å². The summed E-state index contributed by atoms with van der Waals surface area (Å²) in [6.45, 7) is 4.11. The Labute approximate surface area is 118 Å². The van der Waals surface area contributed by atoms with Crippen LogP contribution in [0.25, 0.3) is 0 Å². The number of hydrogen-bond acceptors (Lipinski definition) is 2. The van der Waals surface area contributed by atoms with E-state index in [1.54, 1.807) is 0 Å². The first-order valence-electron chi connectivity index (χ1n) is 6.25. The molecule has 0 saturated carbocycles. The summed E-state index contributed by atoms with van der Waals surface area (Å²) in [4.78, 5) is 22.9. The number of nitrogens with one attached hydrogen (secondary N) is 2. The lowest BCUT2D eigenvalue weighted by molar-refractivity contribution is -0.121. The van der Waals surface area contributed by atoms with Gasteiger partial charge in [-0.1, -0.05) is 26.0 Å². The summed E-state index contributed by atoms with van der Waals surface area (Å²) in [6.07, 6.45) is 0.311. The van der Waals surface area contributed by atoms with Gasteiger partial charge in [-0.25, -0.2) is 0 Å². The maximum absolute atomic E-state index is 11.6. The molecule has 19 heavy (non-hydrogen) atoms. The van der Waals surface area contributed by atoms with E-state index in [4.69, 9.17) is 11.6 Å². The summed E-state index contributed by atoms with van der Waals surface area (Å²) >= 11 is 5.48. The van der Waals surface area contributed by atoms with E-state index < -0.39 is 0 Å². The third-order valence-electron chi connectivity index (χ3n) is 2.53. The number of carbonyl (C=O) groups excluding carboxylic acids is 2. The molecule has 0 atom stereocenters. The van der Waals surface area contributed by atoms with Crippen molar-refractivity contribution < 1.29 is 9.59 Å². The molecule has 0 bridgehead atoms. The van der Waals surface area contributed by atoms with Gasteiger partial charge in [0.1, 0.15) is 0 Å². The van der Waals surface area contributed by atoms with E-state index in [-0.39, 0.29) is 17.7 Å². The summed E-state index contributed by atoms with van der Waals surface area (Å²) in [6, 6.07) is 7.41. The highest BCUT2D eigenvalue weighted by Gasteiger charge is 2.07. The summed E-state index contributed by atoms with van der Waals surface area (Å²) in [7, 11) is 0. The van der Waals surface area contributed by atoms with Gasteiger partial charge in [-0.05, 0) is 17.7 Å². The third kappa shape index (κ3) is 5.75. The lowest BCUT2D eigenvalue weighted by atomic mass is 10.1. The van der Waals surface area contributed by atoms with Crippen LogP contribution >= 0.6 is 11.6 Å². The molecule has 104 valence electrons. The number of hydrogen-bond donors (Lipinski definition) is 2. The van der Waals surface area contributed by atoms with Crippen molar-refractivity contribution in [3.05, 3.63) is 29.8 Å². The summed E-state index contributed by atoms with van der Waals surface area (Å²) in [5.74, 6) is 0.151. The third-order valence-corrected chi connectivity index (χ3v) is 2.72. The first-order chi connectivity index (χ1) is 9.02. The Kier molecular flexibility index (Phi) is 6.36. The molecule has 5 heteroatoms. The normalized spacial score (nSPS) is 10.3. The van der Waals surface area contributed by atoms with E-state index in [9.17, 15) is 9.59 Å². The van der Waals surface area contributed by atoms with Crippen LogP contribution in [0.4, 0.5) is 5.69 Å². The molecule has 0 heterocycles. The van der Waals surface area contributed by atoms with Crippen LogP contribution < -0.4 is 10.6 Å². The Morgan fingerprint density at radius 2 is 2.05 bits per heavy atom. The van der Waals surface area contributed by atoms with Crippen molar-refractivity contribution >= 4 is 29.1 Å². The second-order valence-electron chi connectivity index (χ2n) is 4.56. The molecule has 1 rings (SSSR count). The molecule has 0 aliphatic heterocycles. The monoisotopic (exact) mass is 282 g/mol. The van der Waals surface area contributed by atoms with Gasteiger partial charge in [-0.2, -0.15) is 0 Å². The smallest absolute Gasteiger partial charge is 0.226 e. The highest BCUT2D eigenvalue weighted by atomic mass is 35.5. The van der Waals surface area contributed by atoms with Crippen LogP contribution in [0.5, 0.6) is 0 Å². The minimum absolute atomic E-state index is 0.0247. The average molecular weight is 283 g/mol. The van der Waals surface area contributed by atoms with Crippen molar-refractivity contribution in [3.8, 4) is 0 Å². The second-order valence-corrected chi connectivity index (χ2v) is 4.94. The van der Waals surface area contributed by atoms with Crippen molar-refractivity contribution in [2.24, 2.45) is 5.92 Å². The van der Waals surface area contributed by atoms with Gasteiger partial charge >= 0.3 is 0 Å². The molecule has 0 aliphatic rings. The fourth-order valence-electron chi connectivity index (χ4n) is 1.42. The van der Waals surface area contributed by atoms with Gasteiger partial charge in [-0.3, -0.25) is 9.59 Å². The average Bonchev–Trinajstić information content (AvgIpc) is 2.37. The number of halogens is 1. The molecule has 2 amide bonds. The van der Waals surface area contributed by atoms with E-state index in [0.29, 0.717) is 18.8 Å². The molecule has 1 aromatic rings. The highest BCUT2D eigenvalue weighted by Crippen LogP contribution is 2.12. The topological polar surface area (TPSA) is 58.2 Å². The first kappa shape index (κ1) is 15.5. The number of anilines is 1. The van der Waals surface area contributed by atoms with E-state index in [1.165, 1.54) is 0 Å². The fraction of sp³-hybridized carbons (Fsp3) is 0.429. The van der Waals surface area contributed by atoms with Gasteiger partial charge in [0.05, 0.1) is 0 Å². The van der Waals surface area contributed by atoms with Gasteiger partial charge in [0.2, 0.25) is 11.8 Å². The molecule has 0 fully saturated rings. The predicted molar refractivity (Wildman–Crippen MR) is 77.1 cm³/mol. The minimum Gasteiger partial charge on any atom is -0.352 e. The lowest BCUT2D eigenvalue weighted by Gasteiger charge is -2.10. The van der Waals surface area contributed by atoms with Crippen LogP contribution in [0, 0.1) is 5.92 Å². The van der Waals surface area contributed by atoms with E-state index in [2.05, 4.69) is 10.6 Å². The van der Waals surface area contributed by atoms with Crippen LogP contribution in [0.2, 0.25) is 0 Å². The first-order valence-corrected chi connectivity index (χ1v) is 6.79. The molecular formula is C14H19ClN2O2. The van der Waals surface area contributed by atoms with Gasteiger partial charge in [0.25, 0.3) is 0 Å². The van der Waals surface area contributed by atoms with Crippen LogP contribution in [-0.4, -0.2) is 17.7 Å². The molecule has 0 aromatic heterocycles. The molecule has 0 spiro atoms. The number of alkyl halides is 1. The quantitative estimate of drug-likeness (QED) is 0.788. The molecule has 1 aromatic carbocycles. The van der Waals surface area contributed by atoms with Crippen LogP contribution in [-0.2, 0) is 16.1 Å². The Morgan fingerprint density at radius 3 is 2.68 bits per heavy atom. The molecule has 0 saturated heterocycles. The van der Waals surface area contributed by atoms with Gasteiger partial charge in [0.15, 0.2) is 0 Å². The van der Waals surface area contributed by atoms with Crippen molar-refractivity contribution in [1.29, 1.82) is 0 Å². The molecule has 0 unspecified atom stereocenters. The zero-order valence-corrected chi connectivity index (χ0v) is 12.0. The Balaban J connectivity index is 2.57. The summed E-state index contributed by atoms with van der Waals surface area (Å²) < 4.78 is 0. The highest BCUT2D eigenvalue weighted by molar-refractivity contribution is 6.18. The molecule has 0 radical (unpaired) electrons. The largest absolute Gasteiger partial charge is 0.352 e. The number of carbonyl (C=O) groups is 2. The number of benzene rings is 1. The van der Waals surface area contributed by atoms with Gasteiger partial charge in [0, 0.05) is 30.5 Å². The van der Waals surface area contributed by atoms with E-state index in [1.807, 2.05) is 38.1 Å². The zero-order valence-electron chi connectivity index (χ0n) is 11.2. The molecule has 4 nitrogen and oxygen atoms in total. The predicted octanol–water partition coefficient (Wildman–Crippen LogP) is 2.53. The summed E-state index contributed by atoms with van der Waals surface area (Å²) in [5, 5.41) is 5.59. The van der Waals surface area contributed by atoms with E-state index in [0.717, 1.165) is 11.3 Å². The number of rotatable bonds is 6. The van der Waals surface area contributed by atoms with Crippen LogP contribution in [0.3, 0.4) is 0 Å². The summed E-state index contributed by atoms with van der Waals surface area (Å²) in [5.41, 5.74) is 1.67. The van der Waals surface area contributed by atoms with Crippen molar-refractivity contribution in [2.45, 2.75) is 26.8 Å². The van der Waals surface area contributed by atoms with Crippen molar-refractivity contribution in [1.82, 2.24) is 5.32 Å². The van der Waals surface area contributed by atoms with Crippen molar-refractivity contribution in [3.63, 3.8) is 0 Å². The molecule has 0 aliphatic carbocycles. The SMILES string of the molecule is CC(C)C(=O)Nc1cccc(CNC(=O)CCCl)c1. The van der Waals surface area contributed by atoms with E-state index >= 15 is 0 Å². The maximum Gasteiger partial charge on any atom is 0.226 e. The Morgan fingerprint density at radius 1 is 1.32 bits per heavy atom. The van der Waals surface area contributed by atoms with Crippen molar-refractivity contribution in [2.75, 3.05) is 11.2 Å². The second kappa shape index (κ2) is 7.79. The molecular weight excluding hydrogens is 264 g/mol. The van der Waals surface area contributed by atoms with Crippen LogP contribution in [0.15, 0.2) is 24.3 Å². The zero-order chi connectivity index (χ0) is 14.3. The number of amides is 2. The van der Waals surface area contributed by atoms with Gasteiger partial charge in [-0.15, -0.1) is 11.6 Å². The lowest BCUT2D eigenvalue weighted by Crippen LogP contribution is -2.23. The maximum atomic E-state index is 11.6. The molecule has 2 N–H and O–H groups in total. The minimum atomic E-state index is -0.0772. The fourth-order valence-corrected chi connectivity index (χ4v) is 1.59. The standard InChI is InChI=1S/C14H19ClN2O2/c1-10(2)14(19)17-12-5-3-4-11(8-12)9-16-13(18)6-7-15/h3-5,8,10H,6-7,9H2,1-2H3,(H,16,18)(H,17,19). The Hall–Kier alpha value is -1.55. The van der Waals surface area contributed by atoms with Crippen LogP contribution in [0.1, 0.15) is 25.8 Å².